The van der Waals surface area contributed by atoms with Crippen LogP contribution in [-0.4, -0.2) is 87.9 Å². The van der Waals surface area contributed by atoms with Crippen LogP contribution in [0, 0.1) is 5.92 Å². The zero-order chi connectivity index (χ0) is 18.3. The number of ether oxygens (including phenoxy) is 2. The number of aliphatic imine (C=N–C) groups is 1. The number of hydrogen-bond donors (Lipinski definition) is 1. The second-order valence-corrected chi connectivity index (χ2v) is 7.17. The molecule has 1 N–H and O–H groups in total. The molecule has 2 heterocycles. The molecular formula is C18H35IN4O3. The zero-order valence-corrected chi connectivity index (χ0v) is 19.0. The third-order valence-electron chi connectivity index (χ3n) is 5.50. The van der Waals surface area contributed by atoms with Gasteiger partial charge in [0.05, 0.1) is 12.5 Å². The molecule has 0 saturated carbocycles. The molecule has 2 aliphatic heterocycles. The fourth-order valence-corrected chi connectivity index (χ4v) is 3.73. The van der Waals surface area contributed by atoms with Gasteiger partial charge in [-0.3, -0.25) is 9.79 Å². The van der Waals surface area contributed by atoms with Crippen molar-refractivity contribution in [3.8, 4) is 0 Å². The van der Waals surface area contributed by atoms with E-state index < -0.39 is 0 Å². The van der Waals surface area contributed by atoms with Gasteiger partial charge in [-0.1, -0.05) is 0 Å². The Balaban J connectivity index is 0.00000338. The van der Waals surface area contributed by atoms with Gasteiger partial charge in [-0.25, -0.2) is 0 Å². The predicted molar refractivity (Wildman–Crippen MR) is 114 cm³/mol. The number of likely N-dealkylation sites (tertiary alicyclic amines) is 1. The Morgan fingerprint density at radius 3 is 2.65 bits per heavy atom. The molecule has 0 aromatic rings. The van der Waals surface area contributed by atoms with Crippen molar-refractivity contribution in [1.29, 1.82) is 0 Å². The van der Waals surface area contributed by atoms with E-state index in [9.17, 15) is 4.79 Å². The Morgan fingerprint density at radius 2 is 2.08 bits per heavy atom. The van der Waals surface area contributed by atoms with Gasteiger partial charge in [0.15, 0.2) is 5.96 Å². The molecule has 0 aromatic heterocycles. The molecule has 0 aromatic carbocycles. The van der Waals surface area contributed by atoms with Crippen LogP contribution in [0.4, 0.5) is 0 Å². The second-order valence-electron chi connectivity index (χ2n) is 7.17. The van der Waals surface area contributed by atoms with Gasteiger partial charge in [-0.15, -0.1) is 24.0 Å². The fourth-order valence-electron chi connectivity index (χ4n) is 3.73. The van der Waals surface area contributed by atoms with Crippen LogP contribution in [0.15, 0.2) is 4.99 Å². The molecule has 8 heteroatoms. The minimum atomic E-state index is -0.0863. The topological polar surface area (TPSA) is 66.4 Å². The third kappa shape index (κ3) is 5.95. The van der Waals surface area contributed by atoms with Crippen LogP contribution in [0.5, 0.6) is 0 Å². The van der Waals surface area contributed by atoms with Crippen LogP contribution in [0.1, 0.15) is 32.6 Å². The first-order valence-electron chi connectivity index (χ1n) is 9.40. The largest absolute Gasteiger partial charge is 0.466 e. The standard InChI is InChI=1S/C18H34N4O3.HI/c1-5-25-16(23)15-7-6-10-22(13-15)17(19-2)20-14-18(21(3)4)8-11-24-12-9-18;/h15H,5-14H2,1-4H3,(H,19,20);1H. The van der Waals surface area contributed by atoms with Crippen molar-refractivity contribution in [1.82, 2.24) is 15.1 Å². The van der Waals surface area contributed by atoms with E-state index in [2.05, 4.69) is 34.2 Å². The Morgan fingerprint density at radius 1 is 1.38 bits per heavy atom. The number of rotatable bonds is 5. The Bertz CT molecular complexity index is 467. The van der Waals surface area contributed by atoms with Crippen molar-refractivity contribution in [2.24, 2.45) is 10.9 Å². The average Bonchev–Trinajstić information content (AvgIpc) is 2.63. The first-order valence-corrected chi connectivity index (χ1v) is 9.40. The summed E-state index contributed by atoms with van der Waals surface area (Å²) in [6.45, 7) is 6.32. The maximum atomic E-state index is 12.1. The van der Waals surface area contributed by atoms with Crippen LogP contribution < -0.4 is 5.32 Å². The number of hydrogen-bond acceptors (Lipinski definition) is 5. The SMILES string of the molecule is CCOC(=O)C1CCCN(C(=NC)NCC2(N(C)C)CCOCC2)C1.I. The van der Waals surface area contributed by atoms with Gasteiger partial charge >= 0.3 is 5.97 Å². The summed E-state index contributed by atoms with van der Waals surface area (Å²) in [5.41, 5.74) is 0.0878. The van der Waals surface area contributed by atoms with Gasteiger partial charge in [0, 0.05) is 45.4 Å². The van der Waals surface area contributed by atoms with Gasteiger partial charge in [-0.05, 0) is 46.7 Å². The summed E-state index contributed by atoms with van der Waals surface area (Å²) < 4.78 is 10.7. The monoisotopic (exact) mass is 482 g/mol. The third-order valence-corrected chi connectivity index (χ3v) is 5.50. The number of esters is 1. The predicted octanol–water partition coefficient (Wildman–Crippen LogP) is 1.57. The van der Waals surface area contributed by atoms with E-state index >= 15 is 0 Å². The van der Waals surface area contributed by atoms with Crippen molar-refractivity contribution in [2.45, 2.75) is 38.1 Å². The molecule has 1 unspecified atom stereocenters. The quantitative estimate of drug-likeness (QED) is 0.278. The van der Waals surface area contributed by atoms with Crippen LogP contribution in [0.2, 0.25) is 0 Å². The van der Waals surface area contributed by atoms with Crippen molar-refractivity contribution in [3.05, 3.63) is 0 Å². The average molecular weight is 482 g/mol. The van der Waals surface area contributed by atoms with Gasteiger partial charge in [0.1, 0.15) is 0 Å². The van der Waals surface area contributed by atoms with E-state index in [-0.39, 0.29) is 41.4 Å². The van der Waals surface area contributed by atoms with E-state index in [0.29, 0.717) is 13.2 Å². The molecule has 0 bridgehead atoms. The smallest absolute Gasteiger partial charge is 0.310 e. The molecule has 2 fully saturated rings. The maximum absolute atomic E-state index is 12.1. The van der Waals surface area contributed by atoms with Crippen molar-refractivity contribution < 1.29 is 14.3 Å². The summed E-state index contributed by atoms with van der Waals surface area (Å²) in [5, 5.41) is 3.55. The summed E-state index contributed by atoms with van der Waals surface area (Å²) in [5.74, 6) is 0.733. The zero-order valence-electron chi connectivity index (χ0n) is 16.6. The minimum absolute atomic E-state index is 0. The number of guanidine groups is 1. The van der Waals surface area contributed by atoms with Crippen molar-refractivity contribution >= 4 is 35.9 Å². The van der Waals surface area contributed by atoms with Gasteiger partial charge in [0.2, 0.25) is 0 Å². The lowest BCUT2D eigenvalue weighted by molar-refractivity contribution is -0.149. The van der Waals surface area contributed by atoms with Crippen LogP contribution in [0.3, 0.4) is 0 Å². The van der Waals surface area contributed by atoms with E-state index in [0.717, 1.165) is 57.9 Å². The number of nitrogens with one attached hydrogen (secondary N) is 1. The number of nitrogens with zero attached hydrogens (tertiary/aromatic N) is 3. The summed E-state index contributed by atoms with van der Waals surface area (Å²) in [6.07, 6.45) is 3.90. The van der Waals surface area contributed by atoms with Crippen molar-refractivity contribution in [2.75, 3.05) is 60.6 Å². The van der Waals surface area contributed by atoms with Crippen LogP contribution in [0.25, 0.3) is 0 Å². The lowest BCUT2D eigenvalue weighted by Gasteiger charge is -2.44. The van der Waals surface area contributed by atoms with Crippen LogP contribution >= 0.6 is 24.0 Å². The summed E-state index contributed by atoms with van der Waals surface area (Å²) >= 11 is 0. The first-order chi connectivity index (χ1) is 12.0. The Labute approximate surface area is 174 Å². The van der Waals surface area contributed by atoms with Gasteiger partial charge in [0.25, 0.3) is 0 Å². The highest BCUT2D eigenvalue weighted by atomic mass is 127. The molecule has 2 aliphatic rings. The van der Waals surface area contributed by atoms with E-state index in [1.807, 2.05) is 14.0 Å². The van der Waals surface area contributed by atoms with E-state index in [4.69, 9.17) is 9.47 Å². The second kappa shape index (κ2) is 11.3. The van der Waals surface area contributed by atoms with Crippen LogP contribution in [-0.2, 0) is 14.3 Å². The molecule has 0 aliphatic carbocycles. The van der Waals surface area contributed by atoms with Gasteiger partial charge in [-0.2, -0.15) is 0 Å². The molecular weight excluding hydrogens is 447 g/mol. The summed E-state index contributed by atoms with van der Waals surface area (Å²) in [6, 6.07) is 0. The first kappa shape index (κ1) is 23.4. The Kier molecular flexibility index (Phi) is 10.2. The molecule has 0 spiro atoms. The maximum Gasteiger partial charge on any atom is 0.310 e. The summed E-state index contributed by atoms with van der Waals surface area (Å²) in [7, 11) is 6.07. The lowest BCUT2D eigenvalue weighted by atomic mass is 9.88. The number of piperidine rings is 1. The lowest BCUT2D eigenvalue weighted by Crippen LogP contribution is -2.58. The molecule has 2 rings (SSSR count). The molecule has 0 radical (unpaired) electrons. The number of carbonyl (C=O) groups is 1. The minimum Gasteiger partial charge on any atom is -0.466 e. The van der Waals surface area contributed by atoms with Crippen molar-refractivity contribution in [3.63, 3.8) is 0 Å². The highest BCUT2D eigenvalue weighted by Crippen LogP contribution is 2.25. The number of carbonyl (C=O) groups excluding carboxylic acids is 1. The highest BCUT2D eigenvalue weighted by molar-refractivity contribution is 14.0. The number of halogens is 1. The fraction of sp³-hybridized carbons (Fsp3) is 0.889. The van der Waals surface area contributed by atoms with E-state index in [1.165, 1.54) is 0 Å². The molecule has 2 saturated heterocycles. The summed E-state index contributed by atoms with van der Waals surface area (Å²) in [4.78, 5) is 21.0. The molecule has 152 valence electrons. The molecule has 7 nitrogen and oxygen atoms in total. The molecule has 1 atom stereocenters. The normalized spacial score (nSPS) is 23.3. The van der Waals surface area contributed by atoms with E-state index in [1.54, 1.807) is 0 Å². The van der Waals surface area contributed by atoms with Gasteiger partial charge < -0.3 is 24.6 Å². The molecule has 0 amide bonds. The Hall–Kier alpha value is -0.610. The molecule has 26 heavy (non-hydrogen) atoms. The number of likely N-dealkylation sites (N-methyl/N-ethyl adjacent to an activating group) is 1. The highest BCUT2D eigenvalue weighted by Gasteiger charge is 2.36.